The SMILES string of the molecule is CC(C)Nc1cc2c(NCCc3cc(N)cc(C(F)(F)F)c3)nc(N3CCCC3)nc2cn1. The third kappa shape index (κ3) is 5.55. The molecule has 10 heteroatoms. The van der Waals surface area contributed by atoms with Gasteiger partial charge in [-0.1, -0.05) is 0 Å². The zero-order valence-electron chi connectivity index (χ0n) is 18.7. The third-order valence-electron chi connectivity index (χ3n) is 5.44. The van der Waals surface area contributed by atoms with E-state index < -0.39 is 11.7 Å². The molecule has 33 heavy (non-hydrogen) atoms. The number of pyridine rings is 1. The topological polar surface area (TPSA) is 92.0 Å². The lowest BCUT2D eigenvalue weighted by Crippen LogP contribution is -2.21. The Kier molecular flexibility index (Phi) is 6.44. The van der Waals surface area contributed by atoms with E-state index in [-0.39, 0.29) is 11.7 Å². The van der Waals surface area contributed by atoms with Gasteiger partial charge < -0.3 is 21.3 Å². The van der Waals surface area contributed by atoms with Gasteiger partial charge in [-0.3, -0.25) is 0 Å². The van der Waals surface area contributed by atoms with Crippen molar-refractivity contribution in [2.45, 2.75) is 45.3 Å². The van der Waals surface area contributed by atoms with E-state index in [1.807, 2.05) is 19.9 Å². The van der Waals surface area contributed by atoms with E-state index in [1.165, 1.54) is 0 Å². The van der Waals surface area contributed by atoms with Crippen LogP contribution in [0.3, 0.4) is 0 Å². The summed E-state index contributed by atoms with van der Waals surface area (Å²) in [6, 6.07) is 5.77. The number of nitrogens with two attached hydrogens (primary N) is 1. The van der Waals surface area contributed by atoms with Gasteiger partial charge in [-0.15, -0.1) is 0 Å². The second kappa shape index (κ2) is 9.29. The molecule has 0 saturated carbocycles. The maximum absolute atomic E-state index is 13.1. The Morgan fingerprint density at radius 1 is 1.09 bits per heavy atom. The molecule has 1 aliphatic heterocycles. The number of halogens is 3. The van der Waals surface area contributed by atoms with Gasteiger partial charge in [-0.05, 0) is 62.9 Å². The van der Waals surface area contributed by atoms with Gasteiger partial charge in [-0.2, -0.15) is 18.2 Å². The van der Waals surface area contributed by atoms with Crippen LogP contribution in [0.25, 0.3) is 10.9 Å². The second-order valence-corrected chi connectivity index (χ2v) is 8.59. The van der Waals surface area contributed by atoms with Gasteiger partial charge in [0, 0.05) is 36.7 Å². The number of benzene rings is 1. The molecule has 2 aromatic heterocycles. The Labute approximate surface area is 190 Å². The van der Waals surface area contributed by atoms with Crippen molar-refractivity contribution in [1.82, 2.24) is 15.0 Å². The van der Waals surface area contributed by atoms with Crippen LogP contribution in [0.2, 0.25) is 0 Å². The summed E-state index contributed by atoms with van der Waals surface area (Å²) >= 11 is 0. The molecule has 176 valence electrons. The van der Waals surface area contributed by atoms with Crippen LogP contribution in [0.1, 0.15) is 37.8 Å². The highest BCUT2D eigenvalue weighted by molar-refractivity contribution is 5.91. The van der Waals surface area contributed by atoms with Crippen LogP contribution in [0, 0.1) is 0 Å². The van der Waals surface area contributed by atoms with Gasteiger partial charge in [-0.25, -0.2) is 9.97 Å². The summed E-state index contributed by atoms with van der Waals surface area (Å²) in [5, 5.41) is 7.39. The highest BCUT2D eigenvalue weighted by Gasteiger charge is 2.31. The zero-order chi connectivity index (χ0) is 23.6. The Balaban J connectivity index is 1.60. The first-order valence-electron chi connectivity index (χ1n) is 11.1. The van der Waals surface area contributed by atoms with Crippen LogP contribution in [0.4, 0.5) is 36.4 Å². The van der Waals surface area contributed by atoms with Crippen LogP contribution in [-0.4, -0.2) is 40.6 Å². The summed E-state index contributed by atoms with van der Waals surface area (Å²) in [6.45, 7) is 6.24. The molecular formula is C23H28F3N7. The minimum Gasteiger partial charge on any atom is -0.399 e. The number of nitrogens with one attached hydrogen (secondary N) is 2. The van der Waals surface area contributed by atoms with Gasteiger partial charge in [0.25, 0.3) is 0 Å². The fourth-order valence-electron chi connectivity index (χ4n) is 3.94. The smallest absolute Gasteiger partial charge is 0.399 e. The van der Waals surface area contributed by atoms with Crippen molar-refractivity contribution in [3.8, 4) is 0 Å². The van der Waals surface area contributed by atoms with Crippen LogP contribution >= 0.6 is 0 Å². The number of alkyl halides is 3. The fraction of sp³-hybridized carbons (Fsp3) is 0.435. The molecule has 3 aromatic rings. The Bertz CT molecular complexity index is 1120. The first-order chi connectivity index (χ1) is 15.7. The van der Waals surface area contributed by atoms with Crippen molar-refractivity contribution in [3.05, 3.63) is 41.6 Å². The van der Waals surface area contributed by atoms with E-state index in [4.69, 9.17) is 15.7 Å². The van der Waals surface area contributed by atoms with Gasteiger partial charge in [0.1, 0.15) is 11.6 Å². The number of aromatic nitrogens is 3. The standard InChI is InChI=1S/C23H28F3N7/c1-14(2)30-20-12-18-19(13-29-20)31-22(33-7-3-4-8-33)32-21(18)28-6-5-15-9-16(23(24,25)26)11-17(27)10-15/h9-14H,3-8,27H2,1-2H3,(H,29,30)(H,28,31,32). The molecule has 1 saturated heterocycles. The third-order valence-corrected chi connectivity index (χ3v) is 5.44. The van der Waals surface area contributed by atoms with Gasteiger partial charge in [0.15, 0.2) is 0 Å². The maximum atomic E-state index is 13.1. The predicted molar refractivity (Wildman–Crippen MR) is 126 cm³/mol. The molecule has 0 amide bonds. The van der Waals surface area contributed by atoms with E-state index >= 15 is 0 Å². The minimum atomic E-state index is -4.43. The normalized spacial score (nSPS) is 14.3. The largest absolute Gasteiger partial charge is 0.416 e. The van der Waals surface area contributed by atoms with Crippen molar-refractivity contribution < 1.29 is 13.2 Å². The van der Waals surface area contributed by atoms with E-state index in [9.17, 15) is 13.2 Å². The molecule has 4 rings (SSSR count). The number of nitrogen functional groups attached to an aromatic ring is 1. The number of hydrogen-bond donors (Lipinski definition) is 3. The molecule has 0 unspecified atom stereocenters. The van der Waals surface area contributed by atoms with Crippen LogP contribution in [-0.2, 0) is 12.6 Å². The molecule has 3 heterocycles. The molecule has 1 aromatic carbocycles. The van der Waals surface area contributed by atoms with Gasteiger partial charge in [0.05, 0.1) is 17.3 Å². The first kappa shape index (κ1) is 22.9. The Morgan fingerprint density at radius 2 is 1.85 bits per heavy atom. The van der Waals surface area contributed by atoms with Crippen molar-refractivity contribution in [3.63, 3.8) is 0 Å². The van der Waals surface area contributed by atoms with E-state index in [2.05, 4.69) is 20.5 Å². The molecular weight excluding hydrogens is 431 g/mol. The maximum Gasteiger partial charge on any atom is 0.416 e. The van der Waals surface area contributed by atoms with Gasteiger partial charge in [0.2, 0.25) is 5.95 Å². The monoisotopic (exact) mass is 459 g/mol. The average molecular weight is 460 g/mol. The van der Waals surface area contributed by atoms with Gasteiger partial charge >= 0.3 is 6.18 Å². The molecule has 4 N–H and O–H groups in total. The molecule has 0 spiro atoms. The quantitative estimate of drug-likeness (QED) is 0.441. The fourth-order valence-corrected chi connectivity index (χ4v) is 3.94. The summed E-state index contributed by atoms with van der Waals surface area (Å²) in [4.78, 5) is 16.0. The summed E-state index contributed by atoms with van der Waals surface area (Å²) in [7, 11) is 0. The van der Waals surface area contributed by atoms with Crippen molar-refractivity contribution in [2.75, 3.05) is 40.9 Å². The lowest BCUT2D eigenvalue weighted by molar-refractivity contribution is -0.137. The van der Waals surface area contributed by atoms with E-state index in [1.54, 1.807) is 12.3 Å². The number of anilines is 4. The molecule has 1 fully saturated rings. The zero-order valence-corrected chi connectivity index (χ0v) is 18.7. The van der Waals surface area contributed by atoms with Crippen molar-refractivity contribution in [1.29, 1.82) is 0 Å². The lowest BCUT2D eigenvalue weighted by Gasteiger charge is -2.18. The number of rotatable bonds is 7. The molecule has 0 atom stereocenters. The predicted octanol–water partition coefficient (Wildman–Crippen LogP) is 4.70. The van der Waals surface area contributed by atoms with Crippen LogP contribution in [0.15, 0.2) is 30.5 Å². The number of fused-ring (bicyclic) bond motifs is 1. The second-order valence-electron chi connectivity index (χ2n) is 8.59. The van der Waals surface area contributed by atoms with E-state index in [0.29, 0.717) is 41.6 Å². The van der Waals surface area contributed by atoms with Crippen LogP contribution in [0.5, 0.6) is 0 Å². The molecule has 7 nitrogen and oxygen atoms in total. The summed E-state index contributed by atoms with van der Waals surface area (Å²) in [5.74, 6) is 1.98. The Morgan fingerprint density at radius 3 is 2.55 bits per heavy atom. The highest BCUT2D eigenvalue weighted by Crippen LogP contribution is 2.32. The number of nitrogens with zero attached hydrogens (tertiary/aromatic N) is 4. The minimum absolute atomic E-state index is 0.0964. The highest BCUT2D eigenvalue weighted by atomic mass is 19.4. The first-order valence-corrected chi connectivity index (χ1v) is 11.1. The molecule has 1 aliphatic rings. The van der Waals surface area contributed by atoms with Crippen molar-refractivity contribution in [2.24, 2.45) is 0 Å². The summed E-state index contributed by atoms with van der Waals surface area (Å²) in [5.41, 5.74) is 6.28. The molecule has 0 aliphatic carbocycles. The van der Waals surface area contributed by atoms with Crippen molar-refractivity contribution >= 4 is 34.2 Å². The Hall–Kier alpha value is -3.30. The number of hydrogen-bond acceptors (Lipinski definition) is 7. The summed E-state index contributed by atoms with van der Waals surface area (Å²) < 4.78 is 39.4. The van der Waals surface area contributed by atoms with Crippen LogP contribution < -0.4 is 21.3 Å². The molecule has 0 radical (unpaired) electrons. The average Bonchev–Trinajstić information content (AvgIpc) is 3.27. The lowest BCUT2D eigenvalue weighted by atomic mass is 10.1. The van der Waals surface area contributed by atoms with E-state index in [0.717, 1.165) is 43.5 Å². The summed E-state index contributed by atoms with van der Waals surface area (Å²) in [6.07, 6.45) is -0.161. The molecule has 0 bridgehead atoms.